The van der Waals surface area contributed by atoms with E-state index in [1.165, 1.54) is 25.7 Å². The molecule has 0 radical (unpaired) electrons. The summed E-state index contributed by atoms with van der Waals surface area (Å²) in [6, 6.07) is 0.527. The van der Waals surface area contributed by atoms with Crippen LogP contribution in [0.2, 0.25) is 0 Å². The van der Waals surface area contributed by atoms with Gasteiger partial charge in [-0.05, 0) is 33.1 Å². The largest absolute Gasteiger partial charge is 0.377 e. The van der Waals surface area contributed by atoms with Gasteiger partial charge in [-0.25, -0.2) is 9.98 Å². The molecule has 3 fully saturated rings. The molecule has 3 unspecified atom stereocenters. The van der Waals surface area contributed by atoms with Gasteiger partial charge >= 0.3 is 0 Å². The molecule has 0 amide bonds. The Hall–Kier alpha value is -0.410. The van der Waals surface area contributed by atoms with Crippen molar-refractivity contribution in [2.24, 2.45) is 16.3 Å². The van der Waals surface area contributed by atoms with Crippen LogP contribution < -0.4 is 10.6 Å². The maximum Gasteiger partial charge on any atom is 0.191 e. The quantitative estimate of drug-likeness (QED) is 0.410. The van der Waals surface area contributed by atoms with Gasteiger partial charge in [0, 0.05) is 41.6 Å². The third kappa shape index (κ3) is 3.07. The second-order valence-electron chi connectivity index (χ2n) is 7.03. The van der Waals surface area contributed by atoms with Gasteiger partial charge in [0.25, 0.3) is 0 Å². The summed E-state index contributed by atoms with van der Waals surface area (Å²) in [6.45, 7) is 6.61. The molecule has 3 aliphatic rings. The van der Waals surface area contributed by atoms with Crippen LogP contribution in [0.15, 0.2) is 10.4 Å². The predicted molar refractivity (Wildman–Crippen MR) is 108 cm³/mol. The van der Waals surface area contributed by atoms with Crippen LogP contribution in [0.1, 0.15) is 43.3 Å². The van der Waals surface area contributed by atoms with Crippen molar-refractivity contribution in [3.05, 3.63) is 16.1 Å². The molecule has 4 rings (SSSR count). The van der Waals surface area contributed by atoms with E-state index in [0.29, 0.717) is 30.0 Å². The first-order valence-corrected chi connectivity index (χ1v) is 9.68. The molecule has 2 heterocycles. The van der Waals surface area contributed by atoms with E-state index < -0.39 is 0 Å². The van der Waals surface area contributed by atoms with E-state index in [0.717, 1.165) is 29.8 Å². The number of halogens is 1. The van der Waals surface area contributed by atoms with Crippen LogP contribution in [0.3, 0.4) is 0 Å². The molecule has 1 saturated heterocycles. The fourth-order valence-corrected chi connectivity index (χ4v) is 5.24. The lowest BCUT2D eigenvalue weighted by Crippen LogP contribution is -2.72. The van der Waals surface area contributed by atoms with Crippen LogP contribution in [-0.2, 0) is 11.3 Å². The van der Waals surface area contributed by atoms with Crippen molar-refractivity contribution in [1.29, 1.82) is 0 Å². The first-order valence-electron chi connectivity index (χ1n) is 8.80. The minimum absolute atomic E-state index is 0. The summed E-state index contributed by atoms with van der Waals surface area (Å²) >= 11 is 1.69. The number of rotatable bonds is 4. The van der Waals surface area contributed by atoms with Gasteiger partial charge in [0.05, 0.1) is 12.6 Å². The van der Waals surface area contributed by atoms with Crippen LogP contribution in [0.25, 0.3) is 0 Å². The van der Waals surface area contributed by atoms with E-state index in [4.69, 9.17) is 9.73 Å². The van der Waals surface area contributed by atoms with Crippen molar-refractivity contribution in [1.82, 2.24) is 15.6 Å². The average molecular weight is 462 g/mol. The summed E-state index contributed by atoms with van der Waals surface area (Å²) in [4.78, 5) is 9.26. The minimum Gasteiger partial charge on any atom is -0.377 e. The SMILES string of the molecule is CCNC(=NCc1nc(C)cs1)NC1C2CCOC2C12CCC2.I. The molecule has 5 nitrogen and oxygen atoms in total. The number of hydrogen-bond donors (Lipinski definition) is 2. The molecule has 1 aromatic rings. The Bertz CT molecular complexity index is 601. The molecule has 1 aliphatic heterocycles. The maximum absolute atomic E-state index is 6.00. The van der Waals surface area contributed by atoms with Crippen LogP contribution >= 0.6 is 35.3 Å². The molecule has 134 valence electrons. The van der Waals surface area contributed by atoms with Crippen molar-refractivity contribution >= 4 is 41.3 Å². The zero-order chi connectivity index (χ0) is 15.9. The molecule has 2 N–H and O–H groups in total. The van der Waals surface area contributed by atoms with E-state index in [9.17, 15) is 0 Å². The molecule has 1 spiro atoms. The van der Waals surface area contributed by atoms with Gasteiger partial charge in [-0.1, -0.05) is 6.42 Å². The van der Waals surface area contributed by atoms with E-state index in [1.807, 2.05) is 6.92 Å². The van der Waals surface area contributed by atoms with Crippen molar-refractivity contribution in [2.45, 2.75) is 58.2 Å². The number of fused-ring (bicyclic) bond motifs is 2. The number of guanidine groups is 1. The van der Waals surface area contributed by atoms with E-state index in [-0.39, 0.29) is 24.0 Å². The van der Waals surface area contributed by atoms with Crippen molar-refractivity contribution in [2.75, 3.05) is 13.2 Å². The molecule has 2 saturated carbocycles. The number of thiazole rings is 1. The highest BCUT2D eigenvalue weighted by molar-refractivity contribution is 14.0. The van der Waals surface area contributed by atoms with Crippen LogP contribution in [-0.4, -0.2) is 36.2 Å². The predicted octanol–water partition coefficient (Wildman–Crippen LogP) is 3.08. The van der Waals surface area contributed by atoms with Crippen LogP contribution in [0, 0.1) is 18.3 Å². The Kier molecular flexibility index (Phi) is 5.71. The fourth-order valence-electron chi connectivity index (χ4n) is 4.55. The van der Waals surface area contributed by atoms with Crippen LogP contribution in [0.5, 0.6) is 0 Å². The monoisotopic (exact) mass is 462 g/mol. The van der Waals surface area contributed by atoms with Crippen molar-refractivity contribution < 1.29 is 4.74 Å². The Balaban J connectivity index is 0.00000169. The first kappa shape index (κ1) is 18.4. The normalized spacial score (nSPS) is 30.1. The summed E-state index contributed by atoms with van der Waals surface area (Å²) < 4.78 is 6.00. The summed E-state index contributed by atoms with van der Waals surface area (Å²) in [7, 11) is 0. The Morgan fingerprint density at radius 2 is 2.33 bits per heavy atom. The number of hydrogen-bond acceptors (Lipinski definition) is 4. The van der Waals surface area contributed by atoms with Gasteiger partial charge in [0.15, 0.2) is 5.96 Å². The second kappa shape index (κ2) is 7.45. The lowest BCUT2D eigenvalue weighted by atomic mass is 9.46. The fraction of sp³-hybridized carbons (Fsp3) is 0.765. The van der Waals surface area contributed by atoms with Gasteiger partial charge in [-0.2, -0.15) is 0 Å². The van der Waals surface area contributed by atoms with Crippen LogP contribution in [0.4, 0.5) is 0 Å². The first-order chi connectivity index (χ1) is 11.2. The highest BCUT2D eigenvalue weighted by Crippen LogP contribution is 2.62. The topological polar surface area (TPSA) is 58.5 Å². The number of nitrogens with zero attached hydrogens (tertiary/aromatic N) is 2. The third-order valence-corrected chi connectivity index (χ3v) is 6.66. The lowest BCUT2D eigenvalue weighted by Gasteiger charge is -2.63. The Morgan fingerprint density at radius 3 is 2.96 bits per heavy atom. The smallest absolute Gasteiger partial charge is 0.191 e. The van der Waals surface area contributed by atoms with Gasteiger partial charge in [-0.3, -0.25) is 0 Å². The number of aromatic nitrogens is 1. The van der Waals surface area contributed by atoms with Gasteiger partial charge in [0.2, 0.25) is 0 Å². The molecule has 1 aromatic heterocycles. The van der Waals surface area contributed by atoms with Gasteiger partial charge < -0.3 is 15.4 Å². The number of aryl methyl sites for hydroxylation is 1. The molecular formula is C17H27IN4OS. The Labute approximate surface area is 165 Å². The highest BCUT2D eigenvalue weighted by Gasteiger charge is 2.66. The summed E-state index contributed by atoms with van der Waals surface area (Å²) in [5.41, 5.74) is 1.46. The Morgan fingerprint density at radius 1 is 1.50 bits per heavy atom. The minimum atomic E-state index is 0. The standard InChI is InChI=1S/C17H26N4OS.HI/c1-3-18-16(19-9-13-20-11(2)10-23-13)21-14-12-5-8-22-15(12)17(14)6-4-7-17;/h10,12,14-15H,3-9H2,1-2H3,(H2,18,19,21);1H. The van der Waals surface area contributed by atoms with Crippen molar-refractivity contribution in [3.63, 3.8) is 0 Å². The average Bonchev–Trinajstić information content (AvgIpc) is 3.08. The van der Waals surface area contributed by atoms with Gasteiger partial charge in [0.1, 0.15) is 5.01 Å². The summed E-state index contributed by atoms with van der Waals surface area (Å²) in [6.07, 6.45) is 5.64. The maximum atomic E-state index is 6.00. The molecule has 3 atom stereocenters. The molecule has 24 heavy (non-hydrogen) atoms. The van der Waals surface area contributed by atoms with Gasteiger partial charge in [-0.15, -0.1) is 35.3 Å². The highest BCUT2D eigenvalue weighted by atomic mass is 127. The van der Waals surface area contributed by atoms with E-state index in [2.05, 4.69) is 27.9 Å². The lowest BCUT2D eigenvalue weighted by molar-refractivity contribution is -0.171. The zero-order valence-corrected chi connectivity index (χ0v) is 17.5. The number of nitrogens with one attached hydrogen (secondary N) is 2. The number of aliphatic imine (C=N–C) groups is 1. The number of ether oxygens (including phenoxy) is 1. The molecule has 0 aromatic carbocycles. The molecule has 2 aliphatic carbocycles. The summed E-state index contributed by atoms with van der Waals surface area (Å²) in [5.74, 6) is 1.60. The third-order valence-electron chi connectivity index (χ3n) is 5.71. The van der Waals surface area contributed by atoms with Crippen molar-refractivity contribution in [3.8, 4) is 0 Å². The van der Waals surface area contributed by atoms with E-state index in [1.54, 1.807) is 11.3 Å². The second-order valence-corrected chi connectivity index (χ2v) is 7.97. The zero-order valence-electron chi connectivity index (χ0n) is 14.4. The van der Waals surface area contributed by atoms with E-state index >= 15 is 0 Å². The molecular weight excluding hydrogens is 435 g/mol. The molecule has 0 bridgehead atoms. The molecule has 7 heteroatoms. The summed E-state index contributed by atoms with van der Waals surface area (Å²) in [5, 5.41) is 10.3.